The molecule has 1 aromatic heterocycles. The number of nitrogen functional groups attached to an aromatic ring is 1. The van der Waals surface area contributed by atoms with Gasteiger partial charge in [-0.15, -0.1) is 0 Å². The van der Waals surface area contributed by atoms with Gasteiger partial charge in [-0.25, -0.2) is 4.98 Å². The van der Waals surface area contributed by atoms with E-state index in [9.17, 15) is 13.2 Å². The molecule has 1 aromatic carbocycles. The van der Waals surface area contributed by atoms with Crippen LogP contribution in [0.25, 0.3) is 11.0 Å². The molecular weight excluding hydrogens is 245 g/mol. The number of benzene rings is 1. The third-order valence-electron chi connectivity index (χ3n) is 2.42. The van der Waals surface area contributed by atoms with Crippen molar-refractivity contribution in [1.29, 1.82) is 0 Å². The standard InChI is InChI=1S/C11H13F3N4/c1-18(6-11(12,13)14)5-10-16-8-3-2-7(15)4-9(8)17-10/h2-4H,5-6,15H2,1H3,(H,16,17). The Balaban J connectivity index is 2.12. The Labute approximate surface area is 102 Å². The van der Waals surface area contributed by atoms with Crippen molar-refractivity contribution in [2.45, 2.75) is 12.7 Å². The summed E-state index contributed by atoms with van der Waals surface area (Å²) in [4.78, 5) is 8.31. The second-order valence-electron chi connectivity index (χ2n) is 4.25. The number of nitrogens with zero attached hydrogens (tertiary/aromatic N) is 2. The second-order valence-corrected chi connectivity index (χ2v) is 4.25. The van der Waals surface area contributed by atoms with Crippen molar-refractivity contribution in [3.8, 4) is 0 Å². The zero-order valence-corrected chi connectivity index (χ0v) is 9.75. The van der Waals surface area contributed by atoms with Crippen LogP contribution in [0.15, 0.2) is 18.2 Å². The molecule has 0 aliphatic heterocycles. The number of anilines is 1. The van der Waals surface area contributed by atoms with Crippen LogP contribution in [0.1, 0.15) is 5.82 Å². The minimum atomic E-state index is -4.20. The van der Waals surface area contributed by atoms with E-state index in [1.54, 1.807) is 18.2 Å². The number of imidazole rings is 1. The lowest BCUT2D eigenvalue weighted by molar-refractivity contribution is -0.144. The summed E-state index contributed by atoms with van der Waals surface area (Å²) in [5, 5.41) is 0. The van der Waals surface area contributed by atoms with Gasteiger partial charge in [-0.1, -0.05) is 0 Å². The summed E-state index contributed by atoms with van der Waals surface area (Å²) in [5.41, 5.74) is 7.62. The first kappa shape index (κ1) is 12.7. The summed E-state index contributed by atoms with van der Waals surface area (Å²) in [6.07, 6.45) is -4.20. The van der Waals surface area contributed by atoms with Crippen LogP contribution in [0.4, 0.5) is 18.9 Å². The van der Waals surface area contributed by atoms with Crippen molar-refractivity contribution >= 4 is 16.7 Å². The van der Waals surface area contributed by atoms with Gasteiger partial charge in [0.25, 0.3) is 0 Å². The van der Waals surface area contributed by atoms with Crippen LogP contribution in [0.5, 0.6) is 0 Å². The maximum Gasteiger partial charge on any atom is 0.401 e. The van der Waals surface area contributed by atoms with Gasteiger partial charge in [0.15, 0.2) is 0 Å². The molecule has 2 aromatic rings. The molecule has 0 aliphatic rings. The van der Waals surface area contributed by atoms with Crippen LogP contribution in [-0.4, -0.2) is 34.6 Å². The predicted octanol–water partition coefficient (Wildman–Crippen LogP) is 2.14. The number of aromatic nitrogens is 2. The van der Waals surface area contributed by atoms with Gasteiger partial charge in [0.1, 0.15) is 5.82 Å². The summed E-state index contributed by atoms with van der Waals surface area (Å²) in [6.45, 7) is -0.861. The number of aromatic amines is 1. The topological polar surface area (TPSA) is 57.9 Å². The molecule has 7 heteroatoms. The first-order chi connectivity index (χ1) is 8.33. The third kappa shape index (κ3) is 3.13. The van der Waals surface area contributed by atoms with Crippen LogP contribution in [0, 0.1) is 0 Å². The summed E-state index contributed by atoms with van der Waals surface area (Å²) < 4.78 is 36.5. The van der Waals surface area contributed by atoms with E-state index in [-0.39, 0.29) is 6.54 Å². The fraction of sp³-hybridized carbons (Fsp3) is 0.364. The number of halogens is 3. The molecular formula is C11H13F3N4. The summed E-state index contributed by atoms with van der Waals surface area (Å²) >= 11 is 0. The van der Waals surface area contributed by atoms with Crippen LogP contribution >= 0.6 is 0 Å². The molecule has 2 rings (SSSR count). The first-order valence-electron chi connectivity index (χ1n) is 5.33. The van der Waals surface area contributed by atoms with E-state index in [0.717, 1.165) is 10.4 Å². The van der Waals surface area contributed by atoms with Crippen LogP contribution < -0.4 is 5.73 Å². The zero-order valence-electron chi connectivity index (χ0n) is 9.75. The molecule has 3 N–H and O–H groups in total. The highest BCUT2D eigenvalue weighted by molar-refractivity contribution is 5.78. The van der Waals surface area contributed by atoms with Crippen molar-refractivity contribution in [2.75, 3.05) is 19.3 Å². The minimum Gasteiger partial charge on any atom is -0.399 e. The number of fused-ring (bicyclic) bond motifs is 1. The number of alkyl halides is 3. The Hall–Kier alpha value is -1.76. The van der Waals surface area contributed by atoms with Gasteiger partial charge in [0.2, 0.25) is 0 Å². The Morgan fingerprint density at radius 3 is 2.78 bits per heavy atom. The second kappa shape index (κ2) is 4.49. The van der Waals surface area contributed by atoms with Gasteiger partial charge in [0.05, 0.1) is 24.1 Å². The van der Waals surface area contributed by atoms with Gasteiger partial charge in [-0.05, 0) is 25.2 Å². The van der Waals surface area contributed by atoms with E-state index >= 15 is 0 Å². The number of nitrogens with two attached hydrogens (primary N) is 1. The van der Waals surface area contributed by atoms with Crippen molar-refractivity contribution in [3.63, 3.8) is 0 Å². The number of hydrogen-bond donors (Lipinski definition) is 2. The molecule has 98 valence electrons. The van der Waals surface area contributed by atoms with Crippen LogP contribution in [-0.2, 0) is 6.54 Å². The van der Waals surface area contributed by atoms with E-state index in [0.29, 0.717) is 17.0 Å². The largest absolute Gasteiger partial charge is 0.401 e. The Morgan fingerprint density at radius 1 is 1.39 bits per heavy atom. The summed E-state index contributed by atoms with van der Waals surface area (Å²) in [6, 6.07) is 5.14. The molecule has 0 aliphatic carbocycles. The van der Waals surface area contributed by atoms with E-state index in [1.165, 1.54) is 7.05 Å². The SMILES string of the molecule is CN(Cc1nc2ccc(N)cc2[nH]1)CC(F)(F)F. The van der Waals surface area contributed by atoms with Crippen molar-refractivity contribution in [2.24, 2.45) is 0 Å². The van der Waals surface area contributed by atoms with Gasteiger partial charge in [-0.3, -0.25) is 4.90 Å². The fourth-order valence-corrected chi connectivity index (χ4v) is 1.77. The molecule has 1 heterocycles. The summed E-state index contributed by atoms with van der Waals surface area (Å²) in [7, 11) is 1.40. The number of hydrogen-bond acceptors (Lipinski definition) is 3. The van der Waals surface area contributed by atoms with Gasteiger partial charge in [0, 0.05) is 5.69 Å². The lowest BCUT2D eigenvalue weighted by Crippen LogP contribution is -2.30. The first-order valence-corrected chi connectivity index (χ1v) is 5.33. The number of rotatable bonds is 3. The Morgan fingerprint density at radius 2 is 2.11 bits per heavy atom. The van der Waals surface area contributed by atoms with Crippen LogP contribution in [0.2, 0.25) is 0 Å². The maximum atomic E-state index is 12.2. The van der Waals surface area contributed by atoms with Gasteiger partial charge in [-0.2, -0.15) is 13.2 Å². The smallest absolute Gasteiger partial charge is 0.399 e. The monoisotopic (exact) mass is 258 g/mol. The number of H-pyrrole nitrogens is 1. The molecule has 18 heavy (non-hydrogen) atoms. The van der Waals surface area contributed by atoms with Crippen molar-refractivity contribution in [1.82, 2.24) is 14.9 Å². The molecule has 0 saturated carbocycles. The lowest BCUT2D eigenvalue weighted by Gasteiger charge is -2.16. The van der Waals surface area contributed by atoms with E-state index in [4.69, 9.17) is 5.73 Å². The molecule has 0 atom stereocenters. The van der Waals surface area contributed by atoms with Gasteiger partial charge >= 0.3 is 6.18 Å². The normalized spacial score (nSPS) is 12.5. The Kier molecular flexibility index (Phi) is 3.16. The zero-order chi connectivity index (χ0) is 13.3. The van der Waals surface area contributed by atoms with Gasteiger partial charge < -0.3 is 10.7 Å². The highest BCUT2D eigenvalue weighted by atomic mass is 19.4. The molecule has 0 amide bonds. The average Bonchev–Trinajstić information content (AvgIpc) is 2.55. The van der Waals surface area contributed by atoms with Crippen LogP contribution in [0.3, 0.4) is 0 Å². The molecule has 0 spiro atoms. The van der Waals surface area contributed by atoms with Crippen molar-refractivity contribution < 1.29 is 13.2 Å². The Bertz CT molecular complexity index is 547. The predicted molar refractivity (Wildman–Crippen MR) is 62.9 cm³/mol. The van der Waals surface area contributed by atoms with Crippen molar-refractivity contribution in [3.05, 3.63) is 24.0 Å². The minimum absolute atomic E-state index is 0.105. The quantitative estimate of drug-likeness (QED) is 0.829. The fourth-order valence-electron chi connectivity index (χ4n) is 1.77. The molecule has 0 saturated heterocycles. The molecule has 4 nitrogen and oxygen atoms in total. The third-order valence-corrected chi connectivity index (χ3v) is 2.42. The lowest BCUT2D eigenvalue weighted by atomic mass is 10.3. The molecule has 0 radical (unpaired) electrons. The maximum absolute atomic E-state index is 12.2. The summed E-state index contributed by atoms with van der Waals surface area (Å²) in [5.74, 6) is 0.488. The van der Waals surface area contributed by atoms with E-state index < -0.39 is 12.7 Å². The molecule has 0 unspecified atom stereocenters. The van der Waals surface area contributed by atoms with E-state index in [2.05, 4.69) is 9.97 Å². The van der Waals surface area contributed by atoms with E-state index in [1.807, 2.05) is 0 Å². The average molecular weight is 258 g/mol. The number of nitrogens with one attached hydrogen (secondary N) is 1. The highest BCUT2D eigenvalue weighted by Gasteiger charge is 2.29. The molecule has 0 fully saturated rings. The highest BCUT2D eigenvalue weighted by Crippen LogP contribution is 2.18. The molecule has 0 bridgehead atoms.